The minimum absolute atomic E-state index is 0.0274. The lowest BCUT2D eigenvalue weighted by molar-refractivity contribution is -0.134. The second-order valence-electron chi connectivity index (χ2n) is 6.98. The molecule has 5 atom stereocenters. The first-order valence-corrected chi connectivity index (χ1v) is 8.03. The third kappa shape index (κ3) is 2.81. The number of nitrogens with one attached hydrogen (secondary N) is 1. The van der Waals surface area contributed by atoms with Gasteiger partial charge in [0.15, 0.2) is 0 Å². The van der Waals surface area contributed by atoms with Gasteiger partial charge in [0.25, 0.3) is 0 Å². The van der Waals surface area contributed by atoms with Crippen LogP contribution in [0.5, 0.6) is 0 Å². The Labute approximate surface area is 118 Å². The van der Waals surface area contributed by atoms with E-state index >= 15 is 0 Å². The molecule has 1 saturated carbocycles. The number of hydrogen-bond donors (Lipinski definition) is 1. The molecule has 3 heteroatoms. The SMILES string of the molecule is CCC1NC(C(C)C)C(=O)N1C1CCC(C)C(C)C1. The van der Waals surface area contributed by atoms with Crippen molar-refractivity contribution < 1.29 is 4.79 Å². The number of nitrogens with zero attached hydrogens (tertiary/aromatic N) is 1. The van der Waals surface area contributed by atoms with Crippen LogP contribution in [-0.4, -0.2) is 29.1 Å². The fraction of sp³-hybridized carbons (Fsp3) is 0.938. The maximum atomic E-state index is 12.7. The summed E-state index contributed by atoms with van der Waals surface area (Å²) in [6, 6.07) is 0.486. The van der Waals surface area contributed by atoms with Gasteiger partial charge in [-0.2, -0.15) is 0 Å². The van der Waals surface area contributed by atoms with Gasteiger partial charge in [0.1, 0.15) is 0 Å². The fourth-order valence-corrected chi connectivity index (χ4v) is 3.67. The Bertz CT molecular complexity index is 329. The molecule has 0 spiro atoms. The molecule has 0 aromatic heterocycles. The maximum absolute atomic E-state index is 12.7. The molecule has 2 aliphatic rings. The van der Waals surface area contributed by atoms with E-state index in [-0.39, 0.29) is 12.2 Å². The Balaban J connectivity index is 2.11. The number of carbonyl (C=O) groups is 1. The Morgan fingerprint density at radius 3 is 2.47 bits per heavy atom. The number of hydrogen-bond acceptors (Lipinski definition) is 2. The van der Waals surface area contributed by atoms with Crippen LogP contribution in [0.1, 0.15) is 60.3 Å². The summed E-state index contributed by atoms with van der Waals surface area (Å²) >= 11 is 0. The Morgan fingerprint density at radius 2 is 1.95 bits per heavy atom. The summed E-state index contributed by atoms with van der Waals surface area (Å²) in [6.07, 6.45) is 4.88. The summed E-state index contributed by atoms with van der Waals surface area (Å²) in [4.78, 5) is 14.9. The van der Waals surface area contributed by atoms with Crippen LogP contribution >= 0.6 is 0 Å². The number of rotatable bonds is 3. The van der Waals surface area contributed by atoms with E-state index in [0.717, 1.165) is 18.3 Å². The average molecular weight is 266 g/mol. The molecule has 5 unspecified atom stereocenters. The first-order valence-electron chi connectivity index (χ1n) is 8.03. The van der Waals surface area contributed by atoms with Crippen molar-refractivity contribution in [3.63, 3.8) is 0 Å². The van der Waals surface area contributed by atoms with E-state index in [1.165, 1.54) is 19.3 Å². The van der Waals surface area contributed by atoms with Crippen LogP contribution in [0, 0.1) is 17.8 Å². The monoisotopic (exact) mass is 266 g/mol. The molecule has 0 aromatic carbocycles. The van der Waals surface area contributed by atoms with Gasteiger partial charge in [-0.3, -0.25) is 10.1 Å². The van der Waals surface area contributed by atoms with E-state index < -0.39 is 0 Å². The molecule has 0 radical (unpaired) electrons. The zero-order chi connectivity index (χ0) is 14.2. The first kappa shape index (κ1) is 14.8. The van der Waals surface area contributed by atoms with Crippen molar-refractivity contribution >= 4 is 5.91 Å². The third-order valence-electron chi connectivity index (χ3n) is 5.25. The Morgan fingerprint density at radius 1 is 1.26 bits per heavy atom. The van der Waals surface area contributed by atoms with Crippen molar-refractivity contribution in [2.24, 2.45) is 17.8 Å². The van der Waals surface area contributed by atoms with E-state index in [4.69, 9.17) is 0 Å². The second-order valence-corrected chi connectivity index (χ2v) is 6.98. The van der Waals surface area contributed by atoms with E-state index in [1.54, 1.807) is 0 Å². The molecule has 3 nitrogen and oxygen atoms in total. The van der Waals surface area contributed by atoms with E-state index in [9.17, 15) is 4.79 Å². The molecule has 1 heterocycles. The quantitative estimate of drug-likeness (QED) is 0.851. The van der Waals surface area contributed by atoms with Crippen LogP contribution in [0.2, 0.25) is 0 Å². The van der Waals surface area contributed by atoms with Gasteiger partial charge in [-0.15, -0.1) is 0 Å². The highest BCUT2D eigenvalue weighted by molar-refractivity contribution is 5.85. The summed E-state index contributed by atoms with van der Waals surface area (Å²) in [5.41, 5.74) is 0. The normalized spacial score (nSPS) is 40.2. The van der Waals surface area contributed by atoms with Crippen LogP contribution in [0.4, 0.5) is 0 Å². The lowest BCUT2D eigenvalue weighted by Gasteiger charge is -2.39. The third-order valence-corrected chi connectivity index (χ3v) is 5.25. The van der Waals surface area contributed by atoms with Gasteiger partial charge in [-0.25, -0.2) is 0 Å². The predicted octanol–water partition coefficient (Wildman–Crippen LogP) is 3.00. The van der Waals surface area contributed by atoms with Crippen molar-refractivity contribution in [3.8, 4) is 0 Å². The molecule has 19 heavy (non-hydrogen) atoms. The smallest absolute Gasteiger partial charge is 0.241 e. The molecule has 1 saturated heterocycles. The molecular weight excluding hydrogens is 236 g/mol. The van der Waals surface area contributed by atoms with Crippen LogP contribution in [0.3, 0.4) is 0 Å². The standard InChI is InChI=1S/C16H30N2O/c1-6-14-17-15(10(2)3)16(19)18(14)13-8-7-11(4)12(5)9-13/h10-15,17H,6-9H2,1-5H3. The molecule has 0 aromatic rings. The summed E-state index contributed by atoms with van der Waals surface area (Å²) in [5, 5.41) is 3.54. The zero-order valence-corrected chi connectivity index (χ0v) is 13.1. The topological polar surface area (TPSA) is 32.3 Å². The molecule has 1 aliphatic heterocycles. The highest BCUT2D eigenvalue weighted by Crippen LogP contribution is 2.35. The Hall–Kier alpha value is -0.570. The van der Waals surface area contributed by atoms with Gasteiger partial charge in [0.05, 0.1) is 12.2 Å². The molecule has 1 aliphatic carbocycles. The lowest BCUT2D eigenvalue weighted by Crippen LogP contribution is -2.47. The molecule has 2 fully saturated rings. The lowest BCUT2D eigenvalue weighted by atomic mass is 9.78. The van der Waals surface area contributed by atoms with Crippen LogP contribution in [-0.2, 0) is 4.79 Å². The van der Waals surface area contributed by atoms with Crippen LogP contribution in [0.15, 0.2) is 0 Å². The van der Waals surface area contributed by atoms with E-state index in [1.807, 2.05) is 0 Å². The first-order chi connectivity index (χ1) is 8.95. The molecule has 110 valence electrons. The van der Waals surface area contributed by atoms with Gasteiger partial charge >= 0.3 is 0 Å². The van der Waals surface area contributed by atoms with E-state index in [0.29, 0.717) is 17.9 Å². The summed E-state index contributed by atoms with van der Waals surface area (Å²) in [7, 11) is 0. The van der Waals surface area contributed by atoms with Crippen LogP contribution in [0.25, 0.3) is 0 Å². The fourth-order valence-electron chi connectivity index (χ4n) is 3.67. The highest BCUT2D eigenvalue weighted by Gasteiger charge is 2.44. The molecule has 0 bridgehead atoms. The van der Waals surface area contributed by atoms with Crippen molar-refractivity contribution in [2.45, 2.75) is 78.6 Å². The largest absolute Gasteiger partial charge is 0.323 e. The summed E-state index contributed by atoms with van der Waals surface area (Å²) < 4.78 is 0. The van der Waals surface area contributed by atoms with Gasteiger partial charge in [-0.05, 0) is 43.4 Å². The molecule has 1 N–H and O–H groups in total. The minimum Gasteiger partial charge on any atom is -0.323 e. The summed E-state index contributed by atoms with van der Waals surface area (Å²) in [5.74, 6) is 2.27. The second kappa shape index (κ2) is 5.82. The molecular formula is C16H30N2O. The summed E-state index contributed by atoms with van der Waals surface area (Å²) in [6.45, 7) is 11.1. The van der Waals surface area contributed by atoms with E-state index in [2.05, 4.69) is 44.8 Å². The number of amides is 1. The van der Waals surface area contributed by atoms with Gasteiger partial charge < -0.3 is 4.90 Å². The van der Waals surface area contributed by atoms with Gasteiger partial charge in [0, 0.05) is 6.04 Å². The Kier molecular flexibility index (Phi) is 4.54. The van der Waals surface area contributed by atoms with Crippen molar-refractivity contribution in [3.05, 3.63) is 0 Å². The predicted molar refractivity (Wildman–Crippen MR) is 78.7 cm³/mol. The van der Waals surface area contributed by atoms with Gasteiger partial charge in [-0.1, -0.05) is 34.6 Å². The van der Waals surface area contributed by atoms with Gasteiger partial charge in [0.2, 0.25) is 5.91 Å². The molecule has 1 amide bonds. The molecule has 2 rings (SSSR count). The van der Waals surface area contributed by atoms with Crippen molar-refractivity contribution in [1.82, 2.24) is 10.2 Å². The van der Waals surface area contributed by atoms with Crippen molar-refractivity contribution in [1.29, 1.82) is 0 Å². The van der Waals surface area contributed by atoms with Crippen molar-refractivity contribution in [2.75, 3.05) is 0 Å². The minimum atomic E-state index is 0.0274. The maximum Gasteiger partial charge on any atom is 0.241 e. The average Bonchev–Trinajstić information content (AvgIpc) is 2.70. The highest BCUT2D eigenvalue weighted by atomic mass is 16.2. The zero-order valence-electron chi connectivity index (χ0n) is 13.1. The van der Waals surface area contributed by atoms with Crippen LogP contribution < -0.4 is 5.32 Å². The number of carbonyl (C=O) groups excluding carboxylic acids is 1.